The van der Waals surface area contributed by atoms with E-state index in [1.54, 1.807) is 13.2 Å². The number of benzene rings is 2. The number of anilines is 1. The maximum Gasteiger partial charge on any atom is 0.228 e. The highest BCUT2D eigenvalue weighted by molar-refractivity contribution is 5.94. The van der Waals surface area contributed by atoms with Gasteiger partial charge in [-0.2, -0.15) is 0 Å². The molecule has 0 atom stereocenters. The molecule has 0 aliphatic carbocycles. The van der Waals surface area contributed by atoms with Crippen LogP contribution in [0.5, 0.6) is 5.75 Å². The zero-order valence-corrected chi connectivity index (χ0v) is 14.1. The van der Waals surface area contributed by atoms with Crippen LogP contribution in [0.15, 0.2) is 48.5 Å². The van der Waals surface area contributed by atoms with Crippen LogP contribution in [0.1, 0.15) is 16.8 Å². The first kappa shape index (κ1) is 16.0. The standard InChI is InChI=1S/C20H20N2O2/c1-13-17-9-4-5-10-19(17)21-14(2)18(13)12-20(23)22-15-7-6-8-16(11-15)24-3/h4-11H,12H2,1-3H3,(H,22,23). The fourth-order valence-corrected chi connectivity index (χ4v) is 2.90. The Morgan fingerprint density at radius 2 is 1.92 bits per heavy atom. The summed E-state index contributed by atoms with van der Waals surface area (Å²) in [6, 6.07) is 15.3. The lowest BCUT2D eigenvalue weighted by Gasteiger charge is -2.13. The molecule has 0 radical (unpaired) electrons. The summed E-state index contributed by atoms with van der Waals surface area (Å²) in [5.41, 5.74) is 4.67. The smallest absolute Gasteiger partial charge is 0.228 e. The van der Waals surface area contributed by atoms with Gasteiger partial charge in [0.15, 0.2) is 0 Å². The molecule has 1 aromatic heterocycles. The van der Waals surface area contributed by atoms with E-state index in [4.69, 9.17) is 4.74 Å². The van der Waals surface area contributed by atoms with Crippen LogP contribution < -0.4 is 10.1 Å². The van der Waals surface area contributed by atoms with Gasteiger partial charge in [-0.1, -0.05) is 24.3 Å². The fourth-order valence-electron chi connectivity index (χ4n) is 2.90. The van der Waals surface area contributed by atoms with Crippen molar-refractivity contribution in [3.8, 4) is 5.75 Å². The Morgan fingerprint density at radius 1 is 1.12 bits per heavy atom. The van der Waals surface area contributed by atoms with Gasteiger partial charge < -0.3 is 10.1 Å². The number of aryl methyl sites for hydroxylation is 2. The molecule has 0 fully saturated rings. The molecule has 0 saturated carbocycles. The van der Waals surface area contributed by atoms with Gasteiger partial charge in [-0.3, -0.25) is 9.78 Å². The number of nitrogens with zero attached hydrogens (tertiary/aromatic N) is 1. The number of carbonyl (C=O) groups excluding carboxylic acids is 1. The van der Waals surface area contributed by atoms with Gasteiger partial charge in [0.05, 0.1) is 19.0 Å². The monoisotopic (exact) mass is 320 g/mol. The molecule has 4 nitrogen and oxygen atoms in total. The third-order valence-corrected chi connectivity index (χ3v) is 4.18. The molecule has 0 unspecified atom stereocenters. The van der Waals surface area contributed by atoms with Crippen molar-refractivity contribution in [2.75, 3.05) is 12.4 Å². The zero-order valence-electron chi connectivity index (χ0n) is 14.1. The van der Waals surface area contributed by atoms with Gasteiger partial charge in [0.2, 0.25) is 5.91 Å². The molecule has 4 heteroatoms. The summed E-state index contributed by atoms with van der Waals surface area (Å²) in [6.07, 6.45) is 0.298. The largest absolute Gasteiger partial charge is 0.497 e. The average Bonchev–Trinajstić information content (AvgIpc) is 2.59. The SMILES string of the molecule is COc1cccc(NC(=O)Cc2c(C)nc3ccccc3c2C)c1. The number of hydrogen-bond donors (Lipinski definition) is 1. The van der Waals surface area contributed by atoms with E-state index in [-0.39, 0.29) is 5.91 Å². The quantitative estimate of drug-likeness (QED) is 0.789. The van der Waals surface area contributed by atoms with Crippen molar-refractivity contribution in [1.82, 2.24) is 4.98 Å². The third-order valence-electron chi connectivity index (χ3n) is 4.18. The maximum atomic E-state index is 12.4. The summed E-state index contributed by atoms with van der Waals surface area (Å²) in [5, 5.41) is 4.01. The van der Waals surface area contributed by atoms with Crippen LogP contribution in [-0.4, -0.2) is 18.0 Å². The molecule has 2 aromatic carbocycles. The summed E-state index contributed by atoms with van der Waals surface area (Å²) in [7, 11) is 1.61. The molecular formula is C20H20N2O2. The molecule has 0 aliphatic rings. The molecule has 3 rings (SSSR count). The number of hydrogen-bond acceptors (Lipinski definition) is 3. The number of carbonyl (C=O) groups is 1. The van der Waals surface area contributed by atoms with Crippen LogP contribution in [0, 0.1) is 13.8 Å². The zero-order chi connectivity index (χ0) is 17.1. The molecule has 0 saturated heterocycles. The minimum atomic E-state index is -0.0634. The van der Waals surface area contributed by atoms with Gasteiger partial charge >= 0.3 is 0 Å². The van der Waals surface area contributed by atoms with Crippen LogP contribution in [0.2, 0.25) is 0 Å². The van der Waals surface area contributed by atoms with Gasteiger partial charge in [-0.25, -0.2) is 0 Å². The lowest BCUT2D eigenvalue weighted by atomic mass is 9.99. The minimum Gasteiger partial charge on any atom is -0.497 e. The first-order chi connectivity index (χ1) is 11.6. The summed E-state index contributed by atoms with van der Waals surface area (Å²) in [4.78, 5) is 17.1. The van der Waals surface area contributed by atoms with Gasteiger partial charge in [0, 0.05) is 22.8 Å². The van der Waals surface area contributed by atoms with E-state index in [1.807, 2.05) is 56.3 Å². The molecule has 122 valence electrons. The van der Waals surface area contributed by atoms with Gasteiger partial charge in [0.25, 0.3) is 0 Å². The number of rotatable bonds is 4. The van der Waals surface area contributed by atoms with E-state index in [2.05, 4.69) is 10.3 Å². The number of ether oxygens (including phenoxy) is 1. The van der Waals surface area contributed by atoms with E-state index in [0.29, 0.717) is 12.2 Å². The van der Waals surface area contributed by atoms with E-state index in [9.17, 15) is 4.79 Å². The van der Waals surface area contributed by atoms with Crippen molar-refractivity contribution in [3.05, 3.63) is 65.4 Å². The Morgan fingerprint density at radius 3 is 2.71 bits per heavy atom. The predicted molar refractivity (Wildman–Crippen MR) is 96.5 cm³/mol. The van der Waals surface area contributed by atoms with Gasteiger partial charge in [0.1, 0.15) is 5.75 Å². The van der Waals surface area contributed by atoms with E-state index < -0.39 is 0 Å². The Bertz CT molecular complexity index is 903. The van der Waals surface area contributed by atoms with Crippen LogP contribution in [-0.2, 0) is 11.2 Å². The number of amides is 1. The molecule has 0 aliphatic heterocycles. The summed E-state index contributed by atoms with van der Waals surface area (Å²) in [5.74, 6) is 0.652. The van der Waals surface area contributed by atoms with Crippen LogP contribution >= 0.6 is 0 Å². The number of pyridine rings is 1. The molecule has 24 heavy (non-hydrogen) atoms. The molecular weight excluding hydrogens is 300 g/mol. The van der Waals surface area contributed by atoms with Crippen molar-refractivity contribution in [2.24, 2.45) is 0 Å². The number of aromatic nitrogens is 1. The highest BCUT2D eigenvalue weighted by Gasteiger charge is 2.13. The second kappa shape index (κ2) is 6.71. The fraction of sp³-hybridized carbons (Fsp3) is 0.200. The van der Waals surface area contributed by atoms with Crippen molar-refractivity contribution < 1.29 is 9.53 Å². The minimum absolute atomic E-state index is 0.0634. The number of methoxy groups -OCH3 is 1. The Hall–Kier alpha value is -2.88. The third kappa shape index (κ3) is 3.23. The number of fused-ring (bicyclic) bond motifs is 1. The van der Waals surface area contributed by atoms with Crippen molar-refractivity contribution in [3.63, 3.8) is 0 Å². The lowest BCUT2D eigenvalue weighted by molar-refractivity contribution is -0.115. The highest BCUT2D eigenvalue weighted by atomic mass is 16.5. The van der Waals surface area contributed by atoms with Crippen molar-refractivity contribution in [2.45, 2.75) is 20.3 Å². The van der Waals surface area contributed by atoms with Gasteiger partial charge in [-0.15, -0.1) is 0 Å². The predicted octanol–water partition coefficient (Wildman–Crippen LogP) is 4.04. The van der Waals surface area contributed by atoms with Crippen molar-refractivity contribution in [1.29, 1.82) is 0 Å². The molecule has 1 N–H and O–H groups in total. The highest BCUT2D eigenvalue weighted by Crippen LogP contribution is 2.23. The summed E-state index contributed by atoms with van der Waals surface area (Å²) >= 11 is 0. The molecule has 1 amide bonds. The van der Waals surface area contributed by atoms with Crippen LogP contribution in [0.3, 0.4) is 0 Å². The normalized spacial score (nSPS) is 10.6. The maximum absolute atomic E-state index is 12.4. The Kier molecular flexibility index (Phi) is 4.47. The number of para-hydroxylation sites is 1. The summed E-state index contributed by atoms with van der Waals surface area (Å²) < 4.78 is 5.18. The lowest BCUT2D eigenvalue weighted by Crippen LogP contribution is -2.16. The Balaban J connectivity index is 1.85. The van der Waals surface area contributed by atoms with Crippen molar-refractivity contribution >= 4 is 22.5 Å². The van der Waals surface area contributed by atoms with Gasteiger partial charge in [-0.05, 0) is 43.2 Å². The first-order valence-corrected chi connectivity index (χ1v) is 7.87. The van der Waals surface area contributed by atoms with Crippen LogP contribution in [0.4, 0.5) is 5.69 Å². The molecule has 0 spiro atoms. The summed E-state index contributed by atoms with van der Waals surface area (Å²) in [6.45, 7) is 4.00. The second-order valence-electron chi connectivity index (χ2n) is 5.77. The molecule has 0 bridgehead atoms. The number of nitrogens with one attached hydrogen (secondary N) is 1. The molecule has 3 aromatic rings. The second-order valence-corrected chi connectivity index (χ2v) is 5.77. The van der Waals surface area contributed by atoms with E-state index >= 15 is 0 Å². The van der Waals surface area contributed by atoms with Crippen LogP contribution in [0.25, 0.3) is 10.9 Å². The Labute approximate surface area is 141 Å². The first-order valence-electron chi connectivity index (χ1n) is 7.87. The van der Waals surface area contributed by atoms with E-state index in [1.165, 1.54) is 0 Å². The van der Waals surface area contributed by atoms with E-state index in [0.717, 1.165) is 33.4 Å². The average molecular weight is 320 g/mol. The molecule has 1 heterocycles. The topological polar surface area (TPSA) is 51.2 Å².